The fourth-order valence-electron chi connectivity index (χ4n) is 5.32. The van der Waals surface area contributed by atoms with Gasteiger partial charge in [-0.1, -0.05) is 68.8 Å². The second-order valence-corrected chi connectivity index (χ2v) is 11.2. The van der Waals surface area contributed by atoms with Gasteiger partial charge in [-0.25, -0.2) is 4.79 Å². The van der Waals surface area contributed by atoms with Gasteiger partial charge in [0.2, 0.25) is 0 Å². The van der Waals surface area contributed by atoms with Crippen LogP contribution in [0.5, 0.6) is 0 Å². The van der Waals surface area contributed by atoms with Gasteiger partial charge >= 0.3 is 6.09 Å². The van der Waals surface area contributed by atoms with E-state index in [0.29, 0.717) is 24.7 Å². The van der Waals surface area contributed by atoms with Crippen LogP contribution >= 0.6 is 11.6 Å². The number of nitrogens with zero attached hydrogens (tertiary/aromatic N) is 2. The zero-order chi connectivity index (χ0) is 23.8. The number of amides is 1. The van der Waals surface area contributed by atoms with E-state index in [9.17, 15) is 15.0 Å². The molecule has 1 amide bonds. The number of carbonyl (C=O) groups is 1. The van der Waals surface area contributed by atoms with Gasteiger partial charge in [0.25, 0.3) is 0 Å². The number of carboxylic acid groups (broad SMARTS) is 1. The van der Waals surface area contributed by atoms with E-state index in [2.05, 4.69) is 49.9 Å². The summed E-state index contributed by atoms with van der Waals surface area (Å²) in [6.45, 7) is 8.91. The van der Waals surface area contributed by atoms with Crippen molar-refractivity contribution in [1.29, 1.82) is 0 Å². The van der Waals surface area contributed by atoms with Crippen LogP contribution in [0, 0.1) is 5.41 Å². The highest BCUT2D eigenvalue weighted by atomic mass is 35.5. The maximum absolute atomic E-state index is 11.6. The smallest absolute Gasteiger partial charge is 0.407 e. The lowest BCUT2D eigenvalue weighted by Crippen LogP contribution is -2.61. The van der Waals surface area contributed by atoms with Crippen molar-refractivity contribution in [3.63, 3.8) is 0 Å². The first-order chi connectivity index (χ1) is 15.6. The van der Waals surface area contributed by atoms with Crippen LogP contribution in [-0.2, 0) is 0 Å². The molecule has 1 aliphatic heterocycles. The van der Waals surface area contributed by atoms with Gasteiger partial charge in [-0.15, -0.1) is 0 Å². The minimum atomic E-state index is -0.852. The number of benzene rings is 2. The first-order valence-corrected chi connectivity index (χ1v) is 12.2. The largest absolute Gasteiger partial charge is 0.465 e. The number of hydrogen-bond donors (Lipinski definition) is 2. The molecule has 2 aromatic rings. The Morgan fingerprint density at radius 3 is 2.36 bits per heavy atom. The molecule has 2 aromatic carbocycles. The molecule has 0 bridgehead atoms. The van der Waals surface area contributed by atoms with Crippen molar-refractivity contribution in [2.45, 2.75) is 57.6 Å². The summed E-state index contributed by atoms with van der Waals surface area (Å²) in [7, 11) is 0. The van der Waals surface area contributed by atoms with E-state index >= 15 is 0 Å². The Hall–Kier alpha value is -2.08. The van der Waals surface area contributed by atoms with Crippen molar-refractivity contribution < 1.29 is 15.0 Å². The zero-order valence-corrected chi connectivity index (χ0v) is 20.6. The van der Waals surface area contributed by atoms with Crippen molar-refractivity contribution in [2.24, 2.45) is 5.41 Å². The number of halogens is 1. The molecule has 5 nitrogen and oxygen atoms in total. The molecule has 33 heavy (non-hydrogen) atoms. The van der Waals surface area contributed by atoms with Crippen molar-refractivity contribution in [3.05, 3.63) is 59.1 Å². The Bertz CT molecular complexity index is 982. The van der Waals surface area contributed by atoms with Gasteiger partial charge in [0.05, 0.1) is 5.60 Å². The molecule has 2 fully saturated rings. The number of piperazine rings is 1. The monoisotopic (exact) mass is 470 g/mol. The summed E-state index contributed by atoms with van der Waals surface area (Å²) in [6.07, 6.45) is 1.81. The molecule has 1 saturated heterocycles. The SMILES string of the molecule is CC(C)(C)C1CN(C(=O)O)CCN1CC(c1ccc(-c2cccc(Cl)c2)cc1)C1(O)CCC1. The summed E-state index contributed by atoms with van der Waals surface area (Å²) in [4.78, 5) is 15.6. The molecule has 1 saturated carbocycles. The summed E-state index contributed by atoms with van der Waals surface area (Å²) in [5.74, 6) is -0.0131. The summed E-state index contributed by atoms with van der Waals surface area (Å²) < 4.78 is 0. The second-order valence-electron chi connectivity index (χ2n) is 10.7. The van der Waals surface area contributed by atoms with E-state index in [1.54, 1.807) is 0 Å². The molecule has 2 unspecified atom stereocenters. The molecule has 1 aliphatic carbocycles. The van der Waals surface area contributed by atoms with Crippen molar-refractivity contribution in [2.75, 3.05) is 26.2 Å². The van der Waals surface area contributed by atoms with E-state index in [-0.39, 0.29) is 17.4 Å². The molecule has 2 atom stereocenters. The lowest BCUT2D eigenvalue weighted by Gasteiger charge is -2.51. The fraction of sp³-hybridized carbons (Fsp3) is 0.519. The Morgan fingerprint density at radius 2 is 1.82 bits per heavy atom. The van der Waals surface area contributed by atoms with Crippen molar-refractivity contribution in [3.8, 4) is 11.1 Å². The zero-order valence-electron chi connectivity index (χ0n) is 19.8. The third kappa shape index (κ3) is 5.21. The molecule has 2 N–H and O–H groups in total. The van der Waals surface area contributed by atoms with Crippen LogP contribution in [0.3, 0.4) is 0 Å². The molecule has 0 aromatic heterocycles. The van der Waals surface area contributed by atoms with Gasteiger partial charge in [0.15, 0.2) is 0 Å². The normalized spacial score (nSPS) is 22.0. The maximum Gasteiger partial charge on any atom is 0.407 e. The summed E-state index contributed by atoms with van der Waals surface area (Å²) >= 11 is 6.17. The van der Waals surface area contributed by atoms with E-state index in [1.807, 2.05) is 24.3 Å². The average molecular weight is 471 g/mol. The van der Waals surface area contributed by atoms with Crippen LogP contribution in [0.2, 0.25) is 5.02 Å². The van der Waals surface area contributed by atoms with E-state index in [1.165, 1.54) is 4.90 Å². The highest BCUT2D eigenvalue weighted by Gasteiger charge is 2.46. The topological polar surface area (TPSA) is 64.0 Å². The first-order valence-electron chi connectivity index (χ1n) is 11.9. The predicted octanol–water partition coefficient (Wildman–Crippen LogP) is 5.72. The Labute approximate surface area is 202 Å². The summed E-state index contributed by atoms with van der Waals surface area (Å²) in [6, 6.07) is 16.4. The lowest BCUT2D eigenvalue weighted by molar-refractivity contribution is -0.0765. The van der Waals surface area contributed by atoms with Gasteiger partial charge in [-0.3, -0.25) is 4.90 Å². The quantitative estimate of drug-likeness (QED) is 0.586. The Balaban J connectivity index is 1.60. The molecule has 1 heterocycles. The van der Waals surface area contributed by atoms with Crippen LogP contribution < -0.4 is 0 Å². The fourth-order valence-corrected chi connectivity index (χ4v) is 5.51. The molecule has 2 aliphatic rings. The van der Waals surface area contributed by atoms with E-state index in [0.717, 1.165) is 42.5 Å². The third-order valence-corrected chi connectivity index (χ3v) is 7.75. The van der Waals surface area contributed by atoms with Crippen molar-refractivity contribution >= 4 is 17.7 Å². The van der Waals surface area contributed by atoms with Crippen LogP contribution in [0.1, 0.15) is 51.5 Å². The Kier molecular flexibility index (Phi) is 6.77. The number of aliphatic hydroxyl groups is 1. The summed E-state index contributed by atoms with van der Waals surface area (Å²) in [5.41, 5.74) is 2.53. The molecule has 4 rings (SSSR count). The van der Waals surface area contributed by atoms with Gasteiger partial charge in [0, 0.05) is 43.2 Å². The van der Waals surface area contributed by atoms with Gasteiger partial charge in [-0.05, 0) is 53.5 Å². The molecule has 6 heteroatoms. The third-order valence-electron chi connectivity index (χ3n) is 7.52. The van der Waals surface area contributed by atoms with Crippen LogP contribution in [-0.4, -0.2) is 63.9 Å². The molecular weight excluding hydrogens is 436 g/mol. The van der Waals surface area contributed by atoms with Gasteiger partial charge < -0.3 is 15.1 Å². The van der Waals surface area contributed by atoms with E-state index < -0.39 is 11.7 Å². The molecular formula is C27H35ClN2O3. The average Bonchev–Trinajstić information content (AvgIpc) is 2.75. The first kappa shape index (κ1) is 24.1. The molecule has 178 valence electrons. The van der Waals surface area contributed by atoms with Crippen LogP contribution in [0.25, 0.3) is 11.1 Å². The highest BCUT2D eigenvalue weighted by Crippen LogP contribution is 2.45. The van der Waals surface area contributed by atoms with E-state index in [4.69, 9.17) is 11.6 Å². The number of rotatable bonds is 5. The van der Waals surface area contributed by atoms with Gasteiger partial charge in [0.1, 0.15) is 0 Å². The predicted molar refractivity (Wildman–Crippen MR) is 133 cm³/mol. The molecule has 0 spiro atoms. The minimum Gasteiger partial charge on any atom is -0.465 e. The second kappa shape index (κ2) is 9.28. The summed E-state index contributed by atoms with van der Waals surface area (Å²) in [5, 5.41) is 21.7. The molecule has 0 radical (unpaired) electrons. The highest BCUT2D eigenvalue weighted by molar-refractivity contribution is 6.30. The Morgan fingerprint density at radius 1 is 1.12 bits per heavy atom. The van der Waals surface area contributed by atoms with Crippen LogP contribution in [0.4, 0.5) is 4.79 Å². The number of hydrogen-bond acceptors (Lipinski definition) is 3. The minimum absolute atomic E-state index is 0.0131. The standard InChI is InChI=1S/C27H35ClN2O3/c1-26(2,3)24-18-30(25(31)32)15-14-29(24)17-23(27(33)12-5-13-27)20-10-8-19(9-11-20)21-6-4-7-22(28)16-21/h4,6-11,16,23-24,33H,5,12-15,17-18H2,1-3H3,(H,31,32). The van der Waals surface area contributed by atoms with Crippen LogP contribution in [0.15, 0.2) is 48.5 Å². The maximum atomic E-state index is 11.6. The van der Waals surface area contributed by atoms with Gasteiger partial charge in [-0.2, -0.15) is 0 Å². The lowest BCUT2D eigenvalue weighted by atomic mass is 9.68. The van der Waals surface area contributed by atoms with Crippen molar-refractivity contribution in [1.82, 2.24) is 9.80 Å².